The van der Waals surface area contributed by atoms with E-state index in [1.54, 1.807) is 22.7 Å². The molecule has 0 fully saturated rings. The van der Waals surface area contributed by atoms with E-state index in [9.17, 15) is 4.79 Å². The monoisotopic (exact) mass is 405 g/mol. The van der Waals surface area contributed by atoms with Gasteiger partial charge in [0, 0.05) is 34.9 Å². The molecule has 0 unspecified atom stereocenters. The Morgan fingerprint density at radius 1 is 1.22 bits per heavy atom. The number of hydrogen-bond donors (Lipinski definition) is 1. The van der Waals surface area contributed by atoms with Crippen LogP contribution in [0.4, 0.5) is 0 Å². The molecule has 0 atom stereocenters. The molecule has 3 rings (SSSR count). The average molecular weight is 406 g/mol. The van der Waals surface area contributed by atoms with E-state index >= 15 is 0 Å². The van der Waals surface area contributed by atoms with Gasteiger partial charge in [0.05, 0.1) is 5.02 Å². The lowest BCUT2D eigenvalue weighted by molar-refractivity contribution is -0.121. The predicted octanol–water partition coefficient (Wildman–Crippen LogP) is 4.17. The quantitative estimate of drug-likeness (QED) is 0.667. The molecule has 2 aromatic heterocycles. The lowest BCUT2D eigenvalue weighted by atomic mass is 10.1. The maximum atomic E-state index is 11.9. The summed E-state index contributed by atoms with van der Waals surface area (Å²) in [5, 5.41) is 8.51. The van der Waals surface area contributed by atoms with E-state index in [-0.39, 0.29) is 5.91 Å². The van der Waals surface area contributed by atoms with Crippen molar-refractivity contribution in [3.63, 3.8) is 0 Å². The fraction of sp³-hybridized carbons (Fsp3) is 0.368. The van der Waals surface area contributed by atoms with E-state index in [4.69, 9.17) is 23.2 Å². The van der Waals surface area contributed by atoms with E-state index < -0.39 is 0 Å². The lowest BCUT2D eigenvalue weighted by Gasteiger charge is -2.10. The third-order valence-electron chi connectivity index (χ3n) is 4.40. The largest absolute Gasteiger partial charge is 0.356 e. The smallest absolute Gasteiger partial charge is 0.253 e. The minimum Gasteiger partial charge on any atom is -0.356 e. The minimum atomic E-state index is 0.0444. The van der Waals surface area contributed by atoms with Gasteiger partial charge in [-0.25, -0.2) is 9.50 Å². The highest BCUT2D eigenvalue weighted by atomic mass is 35.5. The molecule has 3 aromatic rings. The Morgan fingerprint density at radius 3 is 2.70 bits per heavy atom. The highest BCUT2D eigenvalue weighted by molar-refractivity contribution is 6.36. The number of nitrogens with one attached hydrogen (secondary N) is 1. The van der Waals surface area contributed by atoms with Gasteiger partial charge in [-0.1, -0.05) is 30.1 Å². The second-order valence-electron chi connectivity index (χ2n) is 6.38. The summed E-state index contributed by atoms with van der Waals surface area (Å²) < 4.78 is 1.70. The summed E-state index contributed by atoms with van der Waals surface area (Å²) in [7, 11) is 0. The molecule has 0 aliphatic carbocycles. The Balaban J connectivity index is 1.93. The highest BCUT2D eigenvalue weighted by Gasteiger charge is 2.16. The fourth-order valence-corrected chi connectivity index (χ4v) is 3.44. The van der Waals surface area contributed by atoms with Crippen LogP contribution in [0, 0.1) is 13.8 Å². The third-order valence-corrected chi connectivity index (χ3v) is 4.94. The van der Waals surface area contributed by atoms with Crippen molar-refractivity contribution in [2.75, 3.05) is 6.54 Å². The van der Waals surface area contributed by atoms with Gasteiger partial charge in [-0.3, -0.25) is 4.79 Å². The number of carbonyl (C=O) groups excluding carboxylic acids is 1. The molecule has 0 spiro atoms. The molecule has 6 nitrogen and oxygen atoms in total. The van der Waals surface area contributed by atoms with Gasteiger partial charge in [-0.05, 0) is 50.5 Å². The molecule has 0 saturated carbocycles. The Morgan fingerprint density at radius 2 is 2.00 bits per heavy atom. The van der Waals surface area contributed by atoms with Crippen molar-refractivity contribution in [2.45, 2.75) is 40.0 Å². The zero-order valence-corrected chi connectivity index (χ0v) is 17.0. The minimum absolute atomic E-state index is 0.0444. The van der Waals surface area contributed by atoms with E-state index in [2.05, 4.69) is 20.4 Å². The van der Waals surface area contributed by atoms with Gasteiger partial charge in [0.2, 0.25) is 5.91 Å². The van der Waals surface area contributed by atoms with Gasteiger partial charge >= 0.3 is 0 Å². The summed E-state index contributed by atoms with van der Waals surface area (Å²) in [6, 6.07) is 5.21. The van der Waals surface area contributed by atoms with Crippen molar-refractivity contribution in [3.8, 4) is 11.4 Å². The number of amides is 1. The number of aromatic nitrogens is 4. The summed E-state index contributed by atoms with van der Waals surface area (Å²) in [5.74, 6) is 1.04. The Kier molecular flexibility index (Phi) is 5.97. The Bertz CT molecular complexity index is 999. The Labute approximate surface area is 167 Å². The van der Waals surface area contributed by atoms with Crippen molar-refractivity contribution in [3.05, 3.63) is 45.2 Å². The SMILES string of the molecule is CCCNC(=O)CCc1c(C)nc2nc(-c3ccc(Cl)cc3Cl)nn2c1C. The van der Waals surface area contributed by atoms with Crippen LogP contribution in [-0.2, 0) is 11.2 Å². The summed E-state index contributed by atoms with van der Waals surface area (Å²) >= 11 is 12.2. The van der Waals surface area contributed by atoms with Gasteiger partial charge in [-0.15, -0.1) is 5.10 Å². The summed E-state index contributed by atoms with van der Waals surface area (Å²) in [6.07, 6.45) is 1.94. The normalized spacial score (nSPS) is 11.1. The van der Waals surface area contributed by atoms with Gasteiger partial charge in [-0.2, -0.15) is 4.98 Å². The molecule has 2 heterocycles. The summed E-state index contributed by atoms with van der Waals surface area (Å²) in [6.45, 7) is 6.61. The van der Waals surface area contributed by atoms with Gasteiger partial charge < -0.3 is 5.32 Å². The van der Waals surface area contributed by atoms with Crippen LogP contribution in [0.25, 0.3) is 17.2 Å². The molecule has 1 N–H and O–H groups in total. The highest BCUT2D eigenvalue weighted by Crippen LogP contribution is 2.29. The maximum absolute atomic E-state index is 11.9. The lowest BCUT2D eigenvalue weighted by Crippen LogP contribution is -2.24. The number of halogens is 2. The third kappa shape index (κ3) is 4.22. The zero-order chi connectivity index (χ0) is 19.6. The zero-order valence-electron chi connectivity index (χ0n) is 15.5. The molecule has 27 heavy (non-hydrogen) atoms. The van der Waals surface area contributed by atoms with Gasteiger partial charge in [0.1, 0.15) is 0 Å². The Hall–Kier alpha value is -2.18. The van der Waals surface area contributed by atoms with Crippen LogP contribution in [0.5, 0.6) is 0 Å². The standard InChI is InChI=1S/C19H21Cl2N5O/c1-4-9-22-17(27)8-7-14-11(2)23-19-24-18(25-26(19)12(14)3)15-6-5-13(20)10-16(15)21/h5-6,10H,4,7-9H2,1-3H3,(H,22,27). The number of benzene rings is 1. The van der Waals surface area contributed by atoms with Gasteiger partial charge in [0.15, 0.2) is 5.82 Å². The first-order chi connectivity index (χ1) is 12.9. The average Bonchev–Trinajstić information content (AvgIpc) is 3.03. The van der Waals surface area contributed by atoms with Crippen molar-refractivity contribution in [1.82, 2.24) is 24.9 Å². The second kappa shape index (κ2) is 8.23. The van der Waals surface area contributed by atoms with E-state index in [1.807, 2.05) is 20.8 Å². The van der Waals surface area contributed by atoms with Crippen molar-refractivity contribution in [1.29, 1.82) is 0 Å². The first-order valence-electron chi connectivity index (χ1n) is 8.85. The van der Waals surface area contributed by atoms with E-state index in [1.165, 1.54) is 0 Å². The van der Waals surface area contributed by atoms with Crippen LogP contribution in [0.2, 0.25) is 10.0 Å². The van der Waals surface area contributed by atoms with E-state index in [0.29, 0.717) is 46.6 Å². The number of fused-ring (bicyclic) bond motifs is 1. The van der Waals surface area contributed by atoms with Crippen LogP contribution in [-0.4, -0.2) is 32.0 Å². The van der Waals surface area contributed by atoms with Crippen molar-refractivity contribution < 1.29 is 4.79 Å². The number of rotatable bonds is 6. The molecule has 1 amide bonds. The maximum Gasteiger partial charge on any atom is 0.253 e. The summed E-state index contributed by atoms with van der Waals surface area (Å²) in [5.41, 5.74) is 3.48. The van der Waals surface area contributed by atoms with E-state index in [0.717, 1.165) is 23.4 Å². The molecule has 8 heteroatoms. The molecule has 1 aromatic carbocycles. The molecule has 0 saturated heterocycles. The first kappa shape index (κ1) is 19.6. The van der Waals surface area contributed by atoms with Crippen molar-refractivity contribution >= 4 is 34.9 Å². The first-order valence-corrected chi connectivity index (χ1v) is 9.61. The van der Waals surface area contributed by atoms with Crippen LogP contribution in [0.15, 0.2) is 18.2 Å². The van der Waals surface area contributed by atoms with Crippen LogP contribution in [0.1, 0.15) is 36.7 Å². The fourth-order valence-electron chi connectivity index (χ4n) is 2.95. The number of carbonyl (C=O) groups is 1. The topological polar surface area (TPSA) is 72.2 Å². The van der Waals surface area contributed by atoms with Crippen LogP contribution >= 0.6 is 23.2 Å². The molecule has 142 valence electrons. The molecule has 0 aliphatic rings. The van der Waals surface area contributed by atoms with Crippen LogP contribution in [0.3, 0.4) is 0 Å². The number of aryl methyl sites for hydroxylation is 2. The molecule has 0 bridgehead atoms. The molecule has 0 aliphatic heterocycles. The molecular weight excluding hydrogens is 385 g/mol. The number of nitrogens with zero attached hydrogens (tertiary/aromatic N) is 4. The predicted molar refractivity (Wildman–Crippen MR) is 107 cm³/mol. The van der Waals surface area contributed by atoms with Crippen LogP contribution < -0.4 is 5.32 Å². The number of hydrogen-bond acceptors (Lipinski definition) is 4. The second-order valence-corrected chi connectivity index (χ2v) is 7.23. The van der Waals surface area contributed by atoms with Gasteiger partial charge in [0.25, 0.3) is 5.78 Å². The summed E-state index contributed by atoms with van der Waals surface area (Å²) in [4.78, 5) is 21.0. The molecular formula is C19H21Cl2N5O. The molecule has 0 radical (unpaired) electrons. The van der Waals surface area contributed by atoms with Crippen molar-refractivity contribution in [2.24, 2.45) is 0 Å².